The van der Waals surface area contributed by atoms with Crippen LogP contribution in [0.5, 0.6) is 0 Å². The average Bonchev–Trinajstić information content (AvgIpc) is 3.28. The fourth-order valence-corrected chi connectivity index (χ4v) is 3.29. The van der Waals surface area contributed by atoms with E-state index in [4.69, 9.17) is 9.26 Å². The van der Waals surface area contributed by atoms with Crippen LogP contribution < -0.4 is 0 Å². The summed E-state index contributed by atoms with van der Waals surface area (Å²) in [5.41, 5.74) is 0.666. The molecular formula is C21H26N4O3. The van der Waals surface area contributed by atoms with Crippen molar-refractivity contribution < 1.29 is 14.1 Å². The number of nitrogens with zero attached hydrogens (tertiary/aromatic N) is 4. The summed E-state index contributed by atoms with van der Waals surface area (Å²) >= 11 is 0. The van der Waals surface area contributed by atoms with Crippen molar-refractivity contribution in [2.75, 3.05) is 6.54 Å². The Morgan fingerprint density at radius 3 is 2.75 bits per heavy atom. The van der Waals surface area contributed by atoms with E-state index in [0.29, 0.717) is 31.1 Å². The summed E-state index contributed by atoms with van der Waals surface area (Å²) in [7, 11) is 0. The van der Waals surface area contributed by atoms with E-state index >= 15 is 0 Å². The zero-order chi connectivity index (χ0) is 20.1. The van der Waals surface area contributed by atoms with Crippen molar-refractivity contribution in [2.24, 2.45) is 5.92 Å². The minimum absolute atomic E-state index is 0.272. The largest absolute Gasteiger partial charge is 0.444 e. The number of likely N-dealkylation sites (tertiary alicyclic amines) is 1. The molecule has 0 saturated carbocycles. The highest BCUT2D eigenvalue weighted by molar-refractivity contribution is 5.69. The van der Waals surface area contributed by atoms with Crippen LogP contribution in [-0.2, 0) is 17.6 Å². The number of carbonyl (C=O) groups excluding carboxylic acids is 1. The SMILES string of the molecule is CC(C)(C)OC(=O)N1C[C@@H](C#N)C[C@H]1c1nc(CCCc2ccccc2)no1. The van der Waals surface area contributed by atoms with Gasteiger partial charge in [-0.25, -0.2) is 4.79 Å². The Balaban J connectivity index is 1.64. The third kappa shape index (κ3) is 5.10. The molecule has 1 amide bonds. The minimum Gasteiger partial charge on any atom is -0.444 e. The summed E-state index contributed by atoms with van der Waals surface area (Å²) in [4.78, 5) is 18.6. The van der Waals surface area contributed by atoms with Crippen molar-refractivity contribution in [3.8, 4) is 6.07 Å². The van der Waals surface area contributed by atoms with Crippen LogP contribution in [0.1, 0.15) is 56.9 Å². The molecule has 1 aromatic carbocycles. The van der Waals surface area contributed by atoms with Gasteiger partial charge in [0.2, 0.25) is 5.89 Å². The van der Waals surface area contributed by atoms with Crippen LogP contribution in [0.2, 0.25) is 0 Å². The summed E-state index contributed by atoms with van der Waals surface area (Å²) in [5, 5.41) is 13.4. The molecule has 0 aliphatic carbocycles. The van der Waals surface area contributed by atoms with Crippen LogP contribution in [0.15, 0.2) is 34.9 Å². The summed E-state index contributed by atoms with van der Waals surface area (Å²) in [6, 6.07) is 12.1. The van der Waals surface area contributed by atoms with Crippen LogP contribution in [0, 0.1) is 17.2 Å². The third-order valence-corrected chi connectivity index (χ3v) is 4.59. The summed E-state index contributed by atoms with van der Waals surface area (Å²) in [5.74, 6) is 0.722. The molecule has 0 N–H and O–H groups in total. The van der Waals surface area contributed by atoms with Crippen molar-refractivity contribution >= 4 is 6.09 Å². The molecule has 2 atom stereocenters. The molecule has 2 heterocycles. The molecule has 1 fully saturated rings. The Morgan fingerprint density at radius 2 is 2.07 bits per heavy atom. The topological polar surface area (TPSA) is 92.2 Å². The summed E-state index contributed by atoms with van der Waals surface area (Å²) in [6.45, 7) is 5.75. The number of benzene rings is 1. The van der Waals surface area contributed by atoms with Crippen LogP contribution in [0.3, 0.4) is 0 Å². The standard InChI is InChI=1S/C21H26N4O3/c1-21(2,3)27-20(26)25-14-16(13-22)12-17(25)19-23-18(24-28-19)11-7-10-15-8-5-4-6-9-15/h4-6,8-9,16-17H,7,10-12,14H2,1-3H3/t16-,17+/m1/s1. The van der Waals surface area contributed by atoms with Gasteiger partial charge in [-0.3, -0.25) is 4.90 Å². The first-order valence-electron chi connectivity index (χ1n) is 9.61. The van der Waals surface area contributed by atoms with E-state index in [-0.39, 0.29) is 5.92 Å². The first-order valence-corrected chi connectivity index (χ1v) is 9.61. The van der Waals surface area contributed by atoms with E-state index in [1.807, 2.05) is 39.0 Å². The lowest BCUT2D eigenvalue weighted by Crippen LogP contribution is -2.36. The second kappa shape index (κ2) is 8.42. The molecule has 0 spiro atoms. The Kier molecular flexibility index (Phi) is 5.98. The third-order valence-electron chi connectivity index (χ3n) is 4.59. The number of rotatable bonds is 5. The number of nitriles is 1. The fraction of sp³-hybridized carbons (Fsp3) is 0.524. The van der Waals surface area contributed by atoms with Gasteiger partial charge >= 0.3 is 6.09 Å². The highest BCUT2D eigenvalue weighted by Gasteiger charge is 2.41. The van der Waals surface area contributed by atoms with E-state index < -0.39 is 17.7 Å². The van der Waals surface area contributed by atoms with Crippen LogP contribution in [0.25, 0.3) is 0 Å². The van der Waals surface area contributed by atoms with Gasteiger partial charge in [0, 0.05) is 13.0 Å². The lowest BCUT2D eigenvalue weighted by Gasteiger charge is -2.26. The number of hydrogen-bond acceptors (Lipinski definition) is 6. The molecule has 0 bridgehead atoms. The molecule has 0 unspecified atom stereocenters. The molecule has 2 aromatic rings. The molecule has 7 heteroatoms. The predicted octanol–water partition coefficient (Wildman–Crippen LogP) is 4.07. The molecular weight excluding hydrogens is 356 g/mol. The van der Waals surface area contributed by atoms with E-state index in [1.165, 1.54) is 10.5 Å². The molecule has 148 valence electrons. The zero-order valence-electron chi connectivity index (χ0n) is 16.6. The number of hydrogen-bond donors (Lipinski definition) is 0. The van der Waals surface area contributed by atoms with E-state index in [0.717, 1.165) is 12.8 Å². The van der Waals surface area contributed by atoms with Gasteiger partial charge in [-0.05, 0) is 45.6 Å². The normalized spacial score (nSPS) is 19.4. The second-order valence-corrected chi connectivity index (χ2v) is 8.10. The molecule has 0 radical (unpaired) electrons. The molecule has 28 heavy (non-hydrogen) atoms. The van der Waals surface area contributed by atoms with Gasteiger partial charge in [-0.1, -0.05) is 35.5 Å². The van der Waals surface area contributed by atoms with Gasteiger partial charge in [0.1, 0.15) is 11.6 Å². The maximum atomic E-state index is 12.5. The molecule has 7 nitrogen and oxygen atoms in total. The van der Waals surface area contributed by atoms with Crippen molar-refractivity contribution in [1.82, 2.24) is 15.0 Å². The summed E-state index contributed by atoms with van der Waals surface area (Å²) < 4.78 is 10.9. The smallest absolute Gasteiger partial charge is 0.411 e. The zero-order valence-corrected chi connectivity index (χ0v) is 16.6. The highest BCUT2D eigenvalue weighted by Crippen LogP contribution is 2.35. The van der Waals surface area contributed by atoms with Crippen molar-refractivity contribution in [1.29, 1.82) is 5.26 Å². The van der Waals surface area contributed by atoms with E-state index in [9.17, 15) is 10.1 Å². The monoisotopic (exact) mass is 382 g/mol. The van der Waals surface area contributed by atoms with Crippen molar-refractivity contribution in [3.05, 3.63) is 47.6 Å². The van der Waals surface area contributed by atoms with Gasteiger partial charge in [-0.15, -0.1) is 0 Å². The number of aromatic nitrogens is 2. The van der Waals surface area contributed by atoms with Gasteiger partial charge in [0.05, 0.1) is 12.0 Å². The quantitative estimate of drug-likeness (QED) is 0.774. The van der Waals surface area contributed by atoms with Gasteiger partial charge in [0.25, 0.3) is 0 Å². The van der Waals surface area contributed by atoms with Crippen LogP contribution in [-0.4, -0.2) is 33.3 Å². The highest BCUT2D eigenvalue weighted by atomic mass is 16.6. The van der Waals surface area contributed by atoms with Gasteiger partial charge in [0.15, 0.2) is 5.82 Å². The molecule has 3 rings (SSSR count). The van der Waals surface area contributed by atoms with Crippen molar-refractivity contribution in [3.63, 3.8) is 0 Å². The van der Waals surface area contributed by atoms with Crippen molar-refractivity contribution in [2.45, 2.75) is 58.1 Å². The Labute approximate surface area is 165 Å². The van der Waals surface area contributed by atoms with Crippen LogP contribution >= 0.6 is 0 Å². The average molecular weight is 382 g/mol. The first-order chi connectivity index (χ1) is 13.4. The number of aryl methyl sites for hydroxylation is 2. The molecule has 1 aromatic heterocycles. The molecule has 1 saturated heterocycles. The lowest BCUT2D eigenvalue weighted by molar-refractivity contribution is 0.0197. The van der Waals surface area contributed by atoms with Gasteiger partial charge < -0.3 is 9.26 Å². The number of carbonyl (C=O) groups is 1. The predicted molar refractivity (Wildman–Crippen MR) is 102 cm³/mol. The first kappa shape index (κ1) is 19.9. The maximum Gasteiger partial charge on any atom is 0.411 e. The maximum absolute atomic E-state index is 12.5. The lowest BCUT2D eigenvalue weighted by atomic mass is 10.1. The number of ether oxygens (including phenoxy) is 1. The number of amides is 1. The molecule has 1 aliphatic rings. The Hall–Kier alpha value is -2.88. The van der Waals surface area contributed by atoms with Crippen LogP contribution in [0.4, 0.5) is 4.79 Å². The van der Waals surface area contributed by atoms with Gasteiger partial charge in [-0.2, -0.15) is 10.2 Å². The van der Waals surface area contributed by atoms with E-state index in [2.05, 4.69) is 28.3 Å². The Morgan fingerprint density at radius 1 is 1.32 bits per heavy atom. The van der Waals surface area contributed by atoms with E-state index in [1.54, 1.807) is 0 Å². The summed E-state index contributed by atoms with van der Waals surface area (Å²) in [6.07, 6.45) is 2.55. The Bertz CT molecular complexity index is 835. The second-order valence-electron chi connectivity index (χ2n) is 8.10. The minimum atomic E-state index is -0.607. The molecule has 1 aliphatic heterocycles. The fourth-order valence-electron chi connectivity index (χ4n) is 3.29.